The summed E-state index contributed by atoms with van der Waals surface area (Å²) < 4.78 is 16.3. The number of nitrogens with one attached hydrogen (secondary N) is 1. The average molecular weight is 495 g/mol. The number of ether oxygens (including phenoxy) is 3. The highest BCUT2D eigenvalue weighted by Gasteiger charge is 2.56. The molecule has 1 N–H and O–H groups in total. The van der Waals surface area contributed by atoms with Crippen LogP contribution in [0.4, 0.5) is 10.5 Å². The number of benzene rings is 2. The molecule has 2 aromatic carbocycles. The van der Waals surface area contributed by atoms with Gasteiger partial charge in [0.15, 0.2) is 0 Å². The van der Waals surface area contributed by atoms with Crippen molar-refractivity contribution in [2.75, 3.05) is 18.6 Å². The second kappa shape index (κ2) is 11.3. The van der Waals surface area contributed by atoms with Crippen molar-refractivity contribution in [1.29, 1.82) is 0 Å². The number of hydrogen-bond donors (Lipinski definition) is 1. The fourth-order valence-electron chi connectivity index (χ4n) is 4.27. The Labute approximate surface area is 212 Å². The Morgan fingerprint density at radius 2 is 1.81 bits per heavy atom. The van der Waals surface area contributed by atoms with Gasteiger partial charge in [0, 0.05) is 12.2 Å². The van der Waals surface area contributed by atoms with Crippen LogP contribution in [0.3, 0.4) is 0 Å². The molecule has 1 aliphatic heterocycles. The van der Waals surface area contributed by atoms with Crippen LogP contribution in [0.15, 0.2) is 67.3 Å². The molecule has 3 rings (SSSR count). The molecule has 0 radical (unpaired) electrons. The molecule has 36 heavy (non-hydrogen) atoms. The third kappa shape index (κ3) is 6.24. The number of carbonyl (C=O) groups is 3. The minimum absolute atomic E-state index is 0.147. The van der Waals surface area contributed by atoms with Crippen LogP contribution in [0.2, 0.25) is 0 Å². The van der Waals surface area contributed by atoms with Crippen LogP contribution in [-0.2, 0) is 25.7 Å². The van der Waals surface area contributed by atoms with Gasteiger partial charge in [-0.3, -0.25) is 9.59 Å². The molecule has 0 aromatic heterocycles. The first-order chi connectivity index (χ1) is 17.1. The van der Waals surface area contributed by atoms with Crippen LogP contribution in [0.5, 0.6) is 5.75 Å². The maximum absolute atomic E-state index is 13.8. The van der Waals surface area contributed by atoms with Gasteiger partial charge in [0.05, 0.1) is 13.0 Å². The summed E-state index contributed by atoms with van der Waals surface area (Å²) in [5.74, 6) is -1.32. The van der Waals surface area contributed by atoms with Crippen LogP contribution in [0.1, 0.15) is 39.2 Å². The van der Waals surface area contributed by atoms with Gasteiger partial charge in [0.2, 0.25) is 0 Å². The Bertz CT molecular complexity index is 1080. The molecule has 2 atom stereocenters. The number of amides is 2. The molecular formula is C28H34N2O6. The van der Waals surface area contributed by atoms with E-state index in [9.17, 15) is 14.4 Å². The molecule has 8 nitrogen and oxygen atoms in total. The zero-order valence-electron chi connectivity index (χ0n) is 21.3. The normalized spacial score (nSPS) is 18.3. The maximum Gasteiger partial charge on any atom is 0.408 e. The maximum atomic E-state index is 13.8. The van der Waals surface area contributed by atoms with E-state index in [1.54, 1.807) is 49.9 Å². The number of allylic oxidation sites excluding steroid dienone is 1. The smallest absolute Gasteiger partial charge is 0.408 e. The number of alkyl carbamates (subject to hydrolysis) is 1. The molecule has 2 amide bonds. The van der Waals surface area contributed by atoms with Gasteiger partial charge < -0.3 is 24.4 Å². The summed E-state index contributed by atoms with van der Waals surface area (Å²) in [5, 5.41) is 2.72. The van der Waals surface area contributed by atoms with Gasteiger partial charge in [0.1, 0.15) is 23.5 Å². The molecule has 192 valence electrons. The first-order valence-corrected chi connectivity index (χ1v) is 11.9. The Kier molecular flexibility index (Phi) is 8.40. The lowest BCUT2D eigenvalue weighted by Crippen LogP contribution is -2.61. The van der Waals surface area contributed by atoms with E-state index >= 15 is 0 Å². The Balaban J connectivity index is 1.83. The van der Waals surface area contributed by atoms with Gasteiger partial charge >= 0.3 is 12.1 Å². The fraction of sp³-hybridized carbons (Fsp3) is 0.393. The molecule has 0 spiro atoms. The van der Waals surface area contributed by atoms with E-state index in [1.165, 1.54) is 13.2 Å². The monoisotopic (exact) mass is 494 g/mol. The number of carbonyl (C=O) groups excluding carboxylic acids is 3. The van der Waals surface area contributed by atoms with Crippen LogP contribution in [-0.4, -0.2) is 42.8 Å². The van der Waals surface area contributed by atoms with E-state index in [1.807, 2.05) is 30.3 Å². The number of nitrogens with zero attached hydrogens (tertiary/aromatic N) is 1. The lowest BCUT2D eigenvalue weighted by atomic mass is 9.80. The highest BCUT2D eigenvalue weighted by atomic mass is 16.6. The van der Waals surface area contributed by atoms with E-state index in [-0.39, 0.29) is 12.8 Å². The van der Waals surface area contributed by atoms with Crippen molar-refractivity contribution < 1.29 is 28.6 Å². The summed E-state index contributed by atoms with van der Waals surface area (Å²) in [6.45, 7) is 9.62. The van der Waals surface area contributed by atoms with Crippen LogP contribution >= 0.6 is 0 Å². The van der Waals surface area contributed by atoms with E-state index in [4.69, 9.17) is 14.2 Å². The van der Waals surface area contributed by atoms with Crippen molar-refractivity contribution in [3.8, 4) is 5.75 Å². The summed E-state index contributed by atoms with van der Waals surface area (Å²) in [6.07, 6.45) is 1.11. The van der Waals surface area contributed by atoms with Crippen LogP contribution < -0.4 is 15.0 Å². The summed E-state index contributed by atoms with van der Waals surface area (Å²) >= 11 is 0. The van der Waals surface area contributed by atoms with Crippen LogP contribution in [0, 0.1) is 5.92 Å². The predicted molar refractivity (Wildman–Crippen MR) is 137 cm³/mol. The molecule has 0 bridgehead atoms. The van der Waals surface area contributed by atoms with Crippen molar-refractivity contribution in [3.63, 3.8) is 0 Å². The molecule has 1 saturated heterocycles. The minimum Gasteiger partial charge on any atom is -0.489 e. The Morgan fingerprint density at radius 3 is 2.39 bits per heavy atom. The first-order valence-electron chi connectivity index (χ1n) is 11.9. The van der Waals surface area contributed by atoms with Crippen molar-refractivity contribution in [2.45, 2.75) is 51.4 Å². The predicted octanol–water partition coefficient (Wildman–Crippen LogP) is 4.63. The largest absolute Gasteiger partial charge is 0.489 e. The standard InChI is InChI=1S/C28H34N2O6/c1-6-10-23(24(31)34-5)28(29-26(33)36-27(2,3)4)17-18-30(25(28)32)21-13-15-22(16-14-21)35-19-20-11-8-7-9-12-20/h6-9,11-16,23H,1,10,17-19H2,2-5H3,(H,29,33)/t23?,28-/m1/s1. The van der Waals surface area contributed by atoms with E-state index < -0.39 is 35.0 Å². The summed E-state index contributed by atoms with van der Waals surface area (Å²) in [4.78, 5) is 40.9. The Morgan fingerprint density at radius 1 is 1.14 bits per heavy atom. The zero-order valence-corrected chi connectivity index (χ0v) is 21.3. The number of esters is 1. The van der Waals surface area contributed by atoms with Gasteiger partial charge in [-0.05, 0) is 63.4 Å². The SMILES string of the molecule is C=CCC(C(=O)OC)[C@]1(NC(=O)OC(C)(C)C)CCN(c2ccc(OCc3ccccc3)cc2)C1=O. The molecule has 1 aliphatic rings. The number of hydrogen-bond acceptors (Lipinski definition) is 6. The number of anilines is 1. The molecule has 1 heterocycles. The second-order valence-corrected chi connectivity index (χ2v) is 9.67. The Hall–Kier alpha value is -3.81. The van der Waals surface area contributed by atoms with Gasteiger partial charge in [-0.25, -0.2) is 4.79 Å². The molecule has 0 aliphatic carbocycles. The van der Waals surface area contributed by atoms with Crippen molar-refractivity contribution >= 4 is 23.7 Å². The topological polar surface area (TPSA) is 94.2 Å². The molecule has 1 fully saturated rings. The number of rotatable bonds is 9. The van der Waals surface area contributed by atoms with E-state index in [2.05, 4.69) is 11.9 Å². The van der Waals surface area contributed by atoms with Gasteiger partial charge in [-0.2, -0.15) is 0 Å². The van der Waals surface area contributed by atoms with Crippen molar-refractivity contribution in [2.24, 2.45) is 5.92 Å². The van der Waals surface area contributed by atoms with Gasteiger partial charge in [0.25, 0.3) is 5.91 Å². The molecule has 2 aromatic rings. The lowest BCUT2D eigenvalue weighted by Gasteiger charge is -2.35. The molecular weight excluding hydrogens is 460 g/mol. The molecule has 0 saturated carbocycles. The zero-order chi connectivity index (χ0) is 26.3. The van der Waals surface area contributed by atoms with E-state index in [0.717, 1.165) is 5.56 Å². The summed E-state index contributed by atoms with van der Waals surface area (Å²) in [7, 11) is 1.25. The third-order valence-corrected chi connectivity index (χ3v) is 5.96. The third-order valence-electron chi connectivity index (χ3n) is 5.96. The average Bonchev–Trinajstić information content (AvgIpc) is 3.16. The second-order valence-electron chi connectivity index (χ2n) is 9.67. The molecule has 1 unspecified atom stereocenters. The number of methoxy groups -OCH3 is 1. The quantitative estimate of drug-likeness (QED) is 0.404. The van der Waals surface area contributed by atoms with E-state index in [0.29, 0.717) is 24.6 Å². The van der Waals surface area contributed by atoms with Gasteiger partial charge in [-0.1, -0.05) is 36.4 Å². The lowest BCUT2D eigenvalue weighted by molar-refractivity contribution is -0.151. The minimum atomic E-state index is -1.54. The van der Waals surface area contributed by atoms with Crippen LogP contribution in [0.25, 0.3) is 0 Å². The highest BCUT2D eigenvalue weighted by Crippen LogP contribution is 2.37. The van der Waals surface area contributed by atoms with Crippen molar-refractivity contribution in [1.82, 2.24) is 5.32 Å². The first kappa shape index (κ1) is 26.8. The van der Waals surface area contributed by atoms with Gasteiger partial charge in [-0.15, -0.1) is 6.58 Å². The molecule has 8 heteroatoms. The van der Waals surface area contributed by atoms with Crippen molar-refractivity contribution in [3.05, 3.63) is 72.8 Å². The fourth-order valence-corrected chi connectivity index (χ4v) is 4.27. The summed E-state index contributed by atoms with van der Waals surface area (Å²) in [6, 6.07) is 16.9. The summed E-state index contributed by atoms with van der Waals surface area (Å²) in [5.41, 5.74) is -0.638. The highest BCUT2D eigenvalue weighted by molar-refractivity contribution is 6.06.